The molecule has 0 fully saturated rings. The second kappa shape index (κ2) is 7.65. The van der Waals surface area contributed by atoms with Crippen LogP contribution in [-0.4, -0.2) is 33.1 Å². The quantitative estimate of drug-likeness (QED) is 0.782. The van der Waals surface area contributed by atoms with E-state index in [0.29, 0.717) is 6.42 Å². The molecule has 0 saturated carbocycles. The summed E-state index contributed by atoms with van der Waals surface area (Å²) in [6.07, 6.45) is 0.489. The van der Waals surface area contributed by atoms with Crippen molar-refractivity contribution in [3.63, 3.8) is 0 Å². The van der Waals surface area contributed by atoms with E-state index in [9.17, 15) is 13.2 Å². The Bertz CT molecular complexity index is 834. The van der Waals surface area contributed by atoms with Crippen LogP contribution in [0.5, 0.6) is 5.75 Å². The van der Waals surface area contributed by atoms with Crippen molar-refractivity contribution >= 4 is 27.6 Å². The van der Waals surface area contributed by atoms with Crippen molar-refractivity contribution in [2.75, 3.05) is 13.7 Å². The maximum absolute atomic E-state index is 12.2. The van der Waals surface area contributed by atoms with Crippen molar-refractivity contribution in [2.45, 2.75) is 11.3 Å². The molecule has 2 rings (SSSR count). The van der Waals surface area contributed by atoms with Crippen LogP contribution in [0.4, 0.5) is 0 Å². The Labute approximate surface area is 145 Å². The van der Waals surface area contributed by atoms with Gasteiger partial charge >= 0.3 is 5.97 Å². The minimum atomic E-state index is -3.81. The van der Waals surface area contributed by atoms with E-state index in [4.69, 9.17) is 21.4 Å². The van der Waals surface area contributed by atoms with Crippen molar-refractivity contribution in [3.8, 4) is 5.75 Å². The van der Waals surface area contributed by atoms with Crippen LogP contribution in [0, 0.1) is 0 Å². The zero-order valence-electron chi connectivity index (χ0n) is 12.8. The van der Waals surface area contributed by atoms with E-state index in [1.54, 1.807) is 19.2 Å². The average Bonchev–Trinajstić information content (AvgIpc) is 2.55. The van der Waals surface area contributed by atoms with E-state index in [-0.39, 0.29) is 22.0 Å². The summed E-state index contributed by atoms with van der Waals surface area (Å²) < 4.78 is 32.0. The number of aromatic carboxylic acids is 1. The molecule has 8 heteroatoms. The van der Waals surface area contributed by atoms with Crippen LogP contribution < -0.4 is 9.46 Å². The molecular weight excluding hydrogens is 354 g/mol. The van der Waals surface area contributed by atoms with Crippen LogP contribution in [0.15, 0.2) is 47.4 Å². The van der Waals surface area contributed by atoms with E-state index in [1.165, 1.54) is 12.1 Å². The third-order valence-corrected chi connectivity index (χ3v) is 5.13. The Morgan fingerprint density at radius 3 is 2.46 bits per heavy atom. The van der Waals surface area contributed by atoms with Crippen LogP contribution in [0.1, 0.15) is 15.9 Å². The molecular formula is C16H16ClNO5S. The molecule has 0 bridgehead atoms. The van der Waals surface area contributed by atoms with Crippen molar-refractivity contribution in [1.29, 1.82) is 0 Å². The summed E-state index contributed by atoms with van der Waals surface area (Å²) in [5.41, 5.74) is 0.690. The number of carbonyl (C=O) groups is 1. The Hall–Kier alpha value is -2.09. The van der Waals surface area contributed by atoms with Gasteiger partial charge < -0.3 is 9.84 Å². The highest BCUT2D eigenvalue weighted by atomic mass is 35.5. The minimum Gasteiger partial charge on any atom is -0.497 e. The molecule has 0 aliphatic carbocycles. The van der Waals surface area contributed by atoms with Gasteiger partial charge in [0.05, 0.1) is 22.6 Å². The first kappa shape index (κ1) is 18.3. The van der Waals surface area contributed by atoms with E-state index in [1.807, 2.05) is 12.1 Å². The van der Waals surface area contributed by atoms with Gasteiger partial charge in [-0.3, -0.25) is 0 Å². The molecule has 6 nitrogen and oxygen atoms in total. The van der Waals surface area contributed by atoms with E-state index >= 15 is 0 Å². The second-order valence-electron chi connectivity index (χ2n) is 4.94. The first-order valence-electron chi connectivity index (χ1n) is 6.99. The van der Waals surface area contributed by atoms with Gasteiger partial charge in [0.15, 0.2) is 0 Å². The SMILES string of the molecule is COc1ccc(CCNS(=O)(=O)c2ccc(Cl)c(C(=O)O)c2)cc1. The number of ether oxygens (including phenoxy) is 1. The summed E-state index contributed by atoms with van der Waals surface area (Å²) in [6.45, 7) is 0.180. The van der Waals surface area contributed by atoms with Gasteiger partial charge in [0, 0.05) is 6.54 Å². The van der Waals surface area contributed by atoms with Gasteiger partial charge in [-0.15, -0.1) is 0 Å². The molecule has 0 radical (unpaired) electrons. The number of benzene rings is 2. The molecule has 0 spiro atoms. The summed E-state index contributed by atoms with van der Waals surface area (Å²) in [5, 5.41) is 9.00. The third kappa shape index (κ3) is 4.47. The summed E-state index contributed by atoms with van der Waals surface area (Å²) in [4.78, 5) is 10.9. The number of hydrogen-bond acceptors (Lipinski definition) is 4. The van der Waals surface area contributed by atoms with Gasteiger partial charge in [-0.25, -0.2) is 17.9 Å². The average molecular weight is 370 g/mol. The van der Waals surface area contributed by atoms with Crippen molar-refractivity contribution < 1.29 is 23.1 Å². The number of halogens is 1. The number of nitrogens with one attached hydrogen (secondary N) is 1. The molecule has 0 aromatic heterocycles. The lowest BCUT2D eigenvalue weighted by Crippen LogP contribution is -2.26. The molecule has 0 unspecified atom stereocenters. The maximum Gasteiger partial charge on any atom is 0.337 e. The van der Waals surface area contributed by atoms with Gasteiger partial charge in [-0.05, 0) is 42.3 Å². The van der Waals surface area contributed by atoms with Crippen molar-refractivity contribution in [3.05, 3.63) is 58.6 Å². The lowest BCUT2D eigenvalue weighted by molar-refractivity contribution is 0.0697. The van der Waals surface area contributed by atoms with Crippen LogP contribution >= 0.6 is 11.6 Å². The van der Waals surface area contributed by atoms with Gasteiger partial charge in [0.25, 0.3) is 0 Å². The zero-order chi connectivity index (χ0) is 17.7. The fourth-order valence-corrected chi connectivity index (χ4v) is 3.30. The lowest BCUT2D eigenvalue weighted by atomic mass is 10.1. The Morgan fingerprint density at radius 1 is 1.21 bits per heavy atom. The molecule has 128 valence electrons. The molecule has 2 N–H and O–H groups in total. The second-order valence-corrected chi connectivity index (χ2v) is 7.12. The van der Waals surface area contributed by atoms with Gasteiger partial charge in [-0.2, -0.15) is 0 Å². The molecule has 2 aromatic carbocycles. The maximum atomic E-state index is 12.2. The highest BCUT2D eigenvalue weighted by molar-refractivity contribution is 7.89. The Kier molecular flexibility index (Phi) is 5.82. The summed E-state index contributed by atoms with van der Waals surface area (Å²) >= 11 is 5.74. The van der Waals surface area contributed by atoms with Gasteiger partial charge in [0.2, 0.25) is 10.0 Å². The molecule has 0 saturated heterocycles. The predicted octanol–water partition coefficient (Wildman–Crippen LogP) is 2.57. The third-order valence-electron chi connectivity index (χ3n) is 3.34. The van der Waals surface area contributed by atoms with Crippen molar-refractivity contribution in [1.82, 2.24) is 4.72 Å². The fourth-order valence-electron chi connectivity index (χ4n) is 2.04. The molecule has 2 aromatic rings. The number of rotatable bonds is 7. The van der Waals surface area contributed by atoms with Gasteiger partial charge in [0.1, 0.15) is 5.75 Å². The molecule has 0 aliphatic rings. The monoisotopic (exact) mass is 369 g/mol. The molecule has 0 heterocycles. The standard InChI is InChI=1S/C16H16ClNO5S/c1-23-12-4-2-11(3-5-12)8-9-18-24(21,22)13-6-7-15(17)14(10-13)16(19)20/h2-7,10,18H,8-9H2,1H3,(H,19,20). The molecule has 0 amide bonds. The van der Waals surface area contributed by atoms with Crippen LogP contribution in [-0.2, 0) is 16.4 Å². The number of carboxylic acids is 1. The number of sulfonamides is 1. The molecule has 0 aliphatic heterocycles. The van der Waals surface area contributed by atoms with Crippen LogP contribution in [0.2, 0.25) is 5.02 Å². The Balaban J connectivity index is 2.05. The number of methoxy groups -OCH3 is 1. The first-order valence-corrected chi connectivity index (χ1v) is 8.85. The summed E-state index contributed by atoms with van der Waals surface area (Å²) in [6, 6.07) is 10.8. The first-order chi connectivity index (χ1) is 11.3. The van der Waals surface area contributed by atoms with E-state index < -0.39 is 16.0 Å². The smallest absolute Gasteiger partial charge is 0.337 e. The predicted molar refractivity (Wildman–Crippen MR) is 90.3 cm³/mol. The van der Waals surface area contributed by atoms with E-state index in [0.717, 1.165) is 17.4 Å². The molecule has 0 atom stereocenters. The summed E-state index contributed by atoms with van der Waals surface area (Å²) in [7, 11) is -2.24. The van der Waals surface area contributed by atoms with Crippen molar-refractivity contribution in [2.24, 2.45) is 0 Å². The largest absolute Gasteiger partial charge is 0.497 e. The highest BCUT2D eigenvalue weighted by Gasteiger charge is 2.18. The zero-order valence-corrected chi connectivity index (χ0v) is 14.4. The molecule has 24 heavy (non-hydrogen) atoms. The number of carboxylic acid groups (broad SMARTS) is 1. The summed E-state index contributed by atoms with van der Waals surface area (Å²) in [5.74, 6) is -0.558. The highest BCUT2D eigenvalue weighted by Crippen LogP contribution is 2.20. The van der Waals surface area contributed by atoms with E-state index in [2.05, 4.69) is 4.72 Å². The van der Waals surface area contributed by atoms with Crippen LogP contribution in [0.3, 0.4) is 0 Å². The normalized spacial score (nSPS) is 11.2. The van der Waals surface area contributed by atoms with Gasteiger partial charge in [-0.1, -0.05) is 23.7 Å². The topological polar surface area (TPSA) is 92.7 Å². The number of hydrogen-bond donors (Lipinski definition) is 2. The lowest BCUT2D eigenvalue weighted by Gasteiger charge is -2.09. The fraction of sp³-hybridized carbons (Fsp3) is 0.188. The minimum absolute atomic E-state index is 0.0142. The van der Waals surface area contributed by atoms with Crippen LogP contribution in [0.25, 0.3) is 0 Å². The Morgan fingerprint density at radius 2 is 1.88 bits per heavy atom.